The van der Waals surface area contributed by atoms with Crippen LogP contribution in [0.5, 0.6) is 0 Å². The quantitative estimate of drug-likeness (QED) is 0.733. The first-order chi connectivity index (χ1) is 12.9. The van der Waals surface area contributed by atoms with Gasteiger partial charge >= 0.3 is 0 Å². The van der Waals surface area contributed by atoms with E-state index in [4.69, 9.17) is 11.6 Å². The monoisotopic (exact) mass is 384 g/mol. The summed E-state index contributed by atoms with van der Waals surface area (Å²) in [5, 5.41) is 3.31. The lowest BCUT2D eigenvalue weighted by molar-refractivity contribution is 0.0949. The normalized spacial score (nSPS) is 10.7. The number of aromatic nitrogens is 1. The van der Waals surface area contributed by atoms with Crippen molar-refractivity contribution >= 4 is 17.5 Å². The highest BCUT2D eigenvalue weighted by atomic mass is 35.5. The van der Waals surface area contributed by atoms with Crippen molar-refractivity contribution in [3.63, 3.8) is 0 Å². The fourth-order valence-corrected chi connectivity index (χ4v) is 2.90. The summed E-state index contributed by atoms with van der Waals surface area (Å²) in [4.78, 5) is 25.4. The van der Waals surface area contributed by atoms with Crippen LogP contribution < -0.4 is 10.9 Å². The first-order valence-electron chi connectivity index (χ1n) is 8.38. The van der Waals surface area contributed by atoms with Crippen molar-refractivity contribution in [2.45, 2.75) is 20.4 Å². The molecule has 1 heterocycles. The average Bonchev–Trinajstić information content (AvgIpc) is 2.64. The summed E-state index contributed by atoms with van der Waals surface area (Å²) in [6, 6.07) is 14.6. The summed E-state index contributed by atoms with van der Waals surface area (Å²) < 4.78 is 15.5. The summed E-state index contributed by atoms with van der Waals surface area (Å²) in [5.41, 5.74) is 1.73. The molecular weight excluding hydrogens is 367 g/mol. The molecule has 0 fully saturated rings. The van der Waals surface area contributed by atoms with Gasteiger partial charge in [0.2, 0.25) is 0 Å². The first kappa shape index (κ1) is 18.9. The van der Waals surface area contributed by atoms with E-state index >= 15 is 0 Å². The number of nitrogens with one attached hydrogen (secondary N) is 1. The van der Waals surface area contributed by atoms with E-state index in [9.17, 15) is 14.0 Å². The second kappa shape index (κ2) is 7.76. The molecule has 1 N–H and O–H groups in total. The minimum atomic E-state index is -0.562. The molecule has 0 atom stereocenters. The van der Waals surface area contributed by atoms with Gasteiger partial charge in [-0.15, -0.1) is 0 Å². The Labute approximate surface area is 161 Å². The van der Waals surface area contributed by atoms with Crippen molar-refractivity contribution < 1.29 is 9.18 Å². The van der Waals surface area contributed by atoms with Crippen molar-refractivity contribution in [3.8, 4) is 5.69 Å². The Bertz CT molecular complexity index is 1060. The average molecular weight is 385 g/mol. The minimum absolute atomic E-state index is 0.0459. The third kappa shape index (κ3) is 4.09. The second-order valence-corrected chi connectivity index (χ2v) is 6.73. The van der Waals surface area contributed by atoms with Crippen LogP contribution in [0.4, 0.5) is 4.39 Å². The van der Waals surface area contributed by atoms with E-state index in [2.05, 4.69) is 5.32 Å². The molecule has 1 amide bonds. The van der Waals surface area contributed by atoms with Gasteiger partial charge in [-0.2, -0.15) is 0 Å². The zero-order chi connectivity index (χ0) is 19.6. The lowest BCUT2D eigenvalue weighted by Gasteiger charge is -2.13. The van der Waals surface area contributed by atoms with Gasteiger partial charge in [-0.25, -0.2) is 4.39 Å². The molecule has 0 aliphatic carbocycles. The Morgan fingerprint density at radius 2 is 1.78 bits per heavy atom. The third-order valence-electron chi connectivity index (χ3n) is 4.23. The molecule has 4 nitrogen and oxygen atoms in total. The highest BCUT2D eigenvalue weighted by Crippen LogP contribution is 2.16. The van der Waals surface area contributed by atoms with Crippen LogP contribution in [0.3, 0.4) is 0 Å². The van der Waals surface area contributed by atoms with Crippen LogP contribution >= 0.6 is 11.6 Å². The Balaban J connectivity index is 1.93. The van der Waals surface area contributed by atoms with E-state index in [0.29, 0.717) is 10.7 Å². The zero-order valence-corrected chi connectivity index (χ0v) is 15.7. The fourth-order valence-electron chi connectivity index (χ4n) is 2.78. The van der Waals surface area contributed by atoms with Gasteiger partial charge in [0.25, 0.3) is 11.5 Å². The number of pyridine rings is 1. The van der Waals surface area contributed by atoms with Crippen LogP contribution in [0.2, 0.25) is 5.02 Å². The van der Waals surface area contributed by atoms with Gasteiger partial charge in [-0.3, -0.25) is 14.2 Å². The maximum Gasteiger partial charge on any atom is 0.268 e. The van der Waals surface area contributed by atoms with E-state index in [1.54, 1.807) is 49.4 Å². The summed E-state index contributed by atoms with van der Waals surface area (Å²) in [7, 11) is 0. The van der Waals surface area contributed by atoms with Crippen molar-refractivity contribution in [1.82, 2.24) is 9.88 Å². The van der Waals surface area contributed by atoms with E-state index in [1.807, 2.05) is 6.92 Å². The SMILES string of the molecule is Cc1ccc(F)c(-n2c(C)ccc(C(=O)NCc3ccc(Cl)cc3)c2=O)c1. The summed E-state index contributed by atoms with van der Waals surface area (Å²) >= 11 is 5.84. The molecule has 0 saturated carbocycles. The lowest BCUT2D eigenvalue weighted by atomic mass is 10.1. The molecule has 2 aromatic carbocycles. The van der Waals surface area contributed by atoms with E-state index in [1.165, 1.54) is 16.7 Å². The van der Waals surface area contributed by atoms with Gasteiger partial charge in [0, 0.05) is 17.3 Å². The second-order valence-electron chi connectivity index (χ2n) is 6.29. The van der Waals surface area contributed by atoms with E-state index in [-0.39, 0.29) is 17.8 Å². The van der Waals surface area contributed by atoms with Crippen LogP contribution in [0, 0.1) is 19.7 Å². The molecule has 27 heavy (non-hydrogen) atoms. The minimum Gasteiger partial charge on any atom is -0.348 e. The molecular formula is C21H18ClFN2O2. The number of hydrogen-bond acceptors (Lipinski definition) is 2. The molecule has 0 aliphatic heterocycles. The molecule has 0 aliphatic rings. The third-order valence-corrected chi connectivity index (χ3v) is 4.48. The molecule has 138 valence electrons. The number of halogens is 2. The molecule has 0 bridgehead atoms. The number of rotatable bonds is 4. The van der Waals surface area contributed by atoms with Gasteiger partial charge in [0.05, 0.1) is 5.69 Å². The Kier molecular flexibility index (Phi) is 5.42. The van der Waals surface area contributed by atoms with Gasteiger partial charge in [-0.05, 0) is 61.4 Å². The maximum atomic E-state index is 14.3. The zero-order valence-electron chi connectivity index (χ0n) is 14.9. The number of benzene rings is 2. The molecule has 0 spiro atoms. The number of amides is 1. The Morgan fingerprint density at radius 3 is 2.48 bits per heavy atom. The summed E-state index contributed by atoms with van der Waals surface area (Å²) in [6.07, 6.45) is 0. The fraction of sp³-hybridized carbons (Fsp3) is 0.143. The van der Waals surface area contributed by atoms with Gasteiger partial charge in [0.15, 0.2) is 0 Å². The van der Waals surface area contributed by atoms with Crippen LogP contribution in [0.25, 0.3) is 5.69 Å². The molecule has 0 unspecified atom stereocenters. The predicted octanol–water partition coefficient (Wildman–Crippen LogP) is 4.18. The number of aryl methyl sites for hydroxylation is 2. The molecule has 0 radical (unpaired) electrons. The van der Waals surface area contributed by atoms with Crippen molar-refractivity contribution in [1.29, 1.82) is 0 Å². The highest BCUT2D eigenvalue weighted by molar-refractivity contribution is 6.30. The van der Waals surface area contributed by atoms with Gasteiger partial charge in [-0.1, -0.05) is 29.8 Å². The number of carbonyl (C=O) groups is 1. The number of hydrogen-bond donors (Lipinski definition) is 1. The Hall–Kier alpha value is -2.92. The van der Waals surface area contributed by atoms with Crippen molar-refractivity contribution in [2.24, 2.45) is 0 Å². The summed E-state index contributed by atoms with van der Waals surface area (Å²) in [6.45, 7) is 3.76. The largest absolute Gasteiger partial charge is 0.348 e. The van der Waals surface area contributed by atoms with E-state index < -0.39 is 17.3 Å². The predicted molar refractivity (Wildman–Crippen MR) is 104 cm³/mol. The number of carbonyl (C=O) groups excluding carboxylic acids is 1. The van der Waals surface area contributed by atoms with E-state index in [0.717, 1.165) is 11.1 Å². The standard InChI is InChI=1S/C21H18ClFN2O2/c1-13-3-10-18(23)19(11-13)25-14(2)4-9-17(21(25)27)20(26)24-12-15-5-7-16(22)8-6-15/h3-11H,12H2,1-2H3,(H,24,26). The van der Waals surface area contributed by atoms with Gasteiger partial charge in [0.1, 0.15) is 11.4 Å². The number of nitrogens with zero attached hydrogens (tertiary/aromatic N) is 1. The first-order valence-corrected chi connectivity index (χ1v) is 8.76. The van der Waals surface area contributed by atoms with Crippen LogP contribution in [-0.2, 0) is 6.54 Å². The Morgan fingerprint density at radius 1 is 1.07 bits per heavy atom. The van der Waals surface area contributed by atoms with Crippen molar-refractivity contribution in [3.05, 3.63) is 98.2 Å². The molecule has 3 rings (SSSR count). The lowest BCUT2D eigenvalue weighted by Crippen LogP contribution is -2.33. The molecule has 6 heteroatoms. The highest BCUT2D eigenvalue weighted by Gasteiger charge is 2.16. The molecule has 0 saturated heterocycles. The maximum absolute atomic E-state index is 14.3. The topological polar surface area (TPSA) is 51.1 Å². The van der Waals surface area contributed by atoms with Crippen LogP contribution in [0.1, 0.15) is 27.2 Å². The van der Waals surface area contributed by atoms with Crippen LogP contribution in [0.15, 0.2) is 59.4 Å². The molecule has 1 aromatic heterocycles. The summed E-state index contributed by atoms with van der Waals surface area (Å²) in [5.74, 6) is -1.04. The van der Waals surface area contributed by atoms with Crippen LogP contribution in [-0.4, -0.2) is 10.5 Å². The molecule has 3 aromatic rings. The van der Waals surface area contributed by atoms with Crippen molar-refractivity contribution in [2.75, 3.05) is 0 Å². The smallest absolute Gasteiger partial charge is 0.268 e. The van der Waals surface area contributed by atoms with Gasteiger partial charge < -0.3 is 5.32 Å².